The number of para-hydroxylation sites is 1. The van der Waals surface area contributed by atoms with Crippen LogP contribution in [0.5, 0.6) is 5.75 Å². The minimum absolute atomic E-state index is 0.207. The maximum absolute atomic E-state index is 12.8. The highest BCUT2D eigenvalue weighted by atomic mass is 19.1. The molecule has 2 nitrogen and oxygen atoms in total. The van der Waals surface area contributed by atoms with Crippen molar-refractivity contribution < 1.29 is 9.13 Å². The van der Waals surface area contributed by atoms with Crippen LogP contribution in [-0.4, -0.2) is 13.2 Å². The van der Waals surface area contributed by atoms with E-state index in [2.05, 4.69) is 11.4 Å². The molecule has 1 aliphatic heterocycles. The first-order chi connectivity index (χ1) is 9.33. The summed E-state index contributed by atoms with van der Waals surface area (Å²) in [7, 11) is 0. The standard InChI is InChI=1S/C16H16FNO/c17-13-5-7-14(8-6-13)18-11-12-9-10-19-16-4-2-1-3-15(12)16/h1-8,12,18H,9-11H2. The lowest BCUT2D eigenvalue weighted by atomic mass is 9.93. The molecule has 2 aromatic rings. The summed E-state index contributed by atoms with van der Waals surface area (Å²) in [5.41, 5.74) is 2.20. The molecule has 1 aliphatic rings. The fourth-order valence-electron chi connectivity index (χ4n) is 2.44. The third kappa shape index (κ3) is 2.70. The van der Waals surface area contributed by atoms with Crippen molar-refractivity contribution in [2.75, 3.05) is 18.5 Å². The molecule has 0 radical (unpaired) electrons. The number of ether oxygens (including phenoxy) is 1. The van der Waals surface area contributed by atoms with Gasteiger partial charge >= 0.3 is 0 Å². The van der Waals surface area contributed by atoms with Gasteiger partial charge < -0.3 is 10.1 Å². The first kappa shape index (κ1) is 12.0. The summed E-state index contributed by atoms with van der Waals surface area (Å²) in [6, 6.07) is 14.6. The number of nitrogens with one attached hydrogen (secondary N) is 1. The van der Waals surface area contributed by atoms with Gasteiger partial charge in [0.05, 0.1) is 6.61 Å². The predicted octanol–water partition coefficient (Wildman–Crippen LogP) is 3.80. The lowest BCUT2D eigenvalue weighted by Gasteiger charge is -2.26. The summed E-state index contributed by atoms with van der Waals surface area (Å²) in [6.07, 6.45) is 1.01. The number of anilines is 1. The number of hydrogen-bond acceptors (Lipinski definition) is 2. The second kappa shape index (κ2) is 5.31. The number of hydrogen-bond donors (Lipinski definition) is 1. The van der Waals surface area contributed by atoms with E-state index in [1.807, 2.05) is 18.2 Å². The Morgan fingerprint density at radius 1 is 1.11 bits per heavy atom. The molecule has 1 heterocycles. The molecule has 98 valence electrons. The van der Waals surface area contributed by atoms with Crippen LogP contribution in [0.1, 0.15) is 17.9 Å². The molecule has 0 bridgehead atoms. The average molecular weight is 257 g/mol. The smallest absolute Gasteiger partial charge is 0.123 e. The van der Waals surface area contributed by atoms with Crippen molar-refractivity contribution in [3.8, 4) is 5.75 Å². The van der Waals surface area contributed by atoms with Gasteiger partial charge in [0.2, 0.25) is 0 Å². The molecule has 19 heavy (non-hydrogen) atoms. The van der Waals surface area contributed by atoms with Crippen LogP contribution in [0, 0.1) is 5.82 Å². The highest BCUT2D eigenvalue weighted by Gasteiger charge is 2.20. The largest absolute Gasteiger partial charge is 0.493 e. The quantitative estimate of drug-likeness (QED) is 0.903. The third-order valence-electron chi connectivity index (χ3n) is 3.48. The van der Waals surface area contributed by atoms with Crippen molar-refractivity contribution in [3.05, 3.63) is 59.9 Å². The first-order valence-electron chi connectivity index (χ1n) is 6.54. The number of benzene rings is 2. The van der Waals surface area contributed by atoms with E-state index in [1.165, 1.54) is 17.7 Å². The fraction of sp³-hybridized carbons (Fsp3) is 0.250. The van der Waals surface area contributed by atoms with Gasteiger partial charge in [0, 0.05) is 18.2 Å². The molecule has 0 saturated heterocycles. The zero-order valence-electron chi connectivity index (χ0n) is 10.6. The first-order valence-corrected chi connectivity index (χ1v) is 6.54. The third-order valence-corrected chi connectivity index (χ3v) is 3.48. The van der Waals surface area contributed by atoms with Crippen LogP contribution in [0.3, 0.4) is 0 Å². The summed E-state index contributed by atoms with van der Waals surface area (Å²) in [5, 5.41) is 3.36. The summed E-state index contributed by atoms with van der Waals surface area (Å²) >= 11 is 0. The Morgan fingerprint density at radius 3 is 2.74 bits per heavy atom. The molecule has 0 spiro atoms. The van der Waals surface area contributed by atoms with E-state index in [9.17, 15) is 4.39 Å². The monoisotopic (exact) mass is 257 g/mol. The fourth-order valence-corrected chi connectivity index (χ4v) is 2.44. The molecular weight excluding hydrogens is 241 g/mol. The van der Waals surface area contributed by atoms with Crippen LogP contribution >= 0.6 is 0 Å². The van der Waals surface area contributed by atoms with Crippen molar-refractivity contribution in [1.82, 2.24) is 0 Å². The highest BCUT2D eigenvalue weighted by Crippen LogP contribution is 2.33. The van der Waals surface area contributed by atoms with Crippen LogP contribution in [0.25, 0.3) is 0 Å². The Morgan fingerprint density at radius 2 is 1.89 bits per heavy atom. The van der Waals surface area contributed by atoms with Gasteiger partial charge in [-0.05, 0) is 42.3 Å². The van der Waals surface area contributed by atoms with E-state index in [0.717, 1.165) is 31.0 Å². The summed E-state index contributed by atoms with van der Waals surface area (Å²) in [4.78, 5) is 0. The summed E-state index contributed by atoms with van der Waals surface area (Å²) in [5.74, 6) is 1.22. The molecule has 1 unspecified atom stereocenters. The van der Waals surface area contributed by atoms with Crippen molar-refractivity contribution >= 4 is 5.69 Å². The zero-order valence-corrected chi connectivity index (χ0v) is 10.6. The van der Waals surface area contributed by atoms with E-state index in [-0.39, 0.29) is 5.82 Å². The average Bonchev–Trinajstić information content (AvgIpc) is 2.47. The van der Waals surface area contributed by atoms with Gasteiger partial charge in [-0.1, -0.05) is 18.2 Å². The number of halogens is 1. The van der Waals surface area contributed by atoms with E-state index < -0.39 is 0 Å². The number of fused-ring (bicyclic) bond motifs is 1. The molecule has 2 aromatic carbocycles. The Bertz CT molecular complexity index is 553. The molecule has 0 saturated carbocycles. The highest BCUT2D eigenvalue weighted by molar-refractivity contribution is 5.45. The molecule has 0 amide bonds. The van der Waals surface area contributed by atoms with Crippen LogP contribution in [0.4, 0.5) is 10.1 Å². The van der Waals surface area contributed by atoms with Crippen molar-refractivity contribution in [1.29, 1.82) is 0 Å². The topological polar surface area (TPSA) is 21.3 Å². The number of rotatable bonds is 3. The zero-order chi connectivity index (χ0) is 13.1. The van der Waals surface area contributed by atoms with Crippen LogP contribution in [0.2, 0.25) is 0 Å². The Balaban J connectivity index is 1.69. The summed E-state index contributed by atoms with van der Waals surface area (Å²) in [6.45, 7) is 1.60. The van der Waals surface area contributed by atoms with Crippen LogP contribution < -0.4 is 10.1 Å². The minimum atomic E-state index is -0.207. The SMILES string of the molecule is Fc1ccc(NCC2CCOc3ccccc32)cc1. The van der Waals surface area contributed by atoms with Gasteiger partial charge in [0.15, 0.2) is 0 Å². The second-order valence-electron chi connectivity index (χ2n) is 4.76. The molecule has 3 heteroatoms. The van der Waals surface area contributed by atoms with Crippen molar-refractivity contribution in [2.45, 2.75) is 12.3 Å². The minimum Gasteiger partial charge on any atom is -0.493 e. The second-order valence-corrected chi connectivity index (χ2v) is 4.76. The molecule has 0 aliphatic carbocycles. The lowest BCUT2D eigenvalue weighted by molar-refractivity contribution is 0.270. The van der Waals surface area contributed by atoms with E-state index in [0.29, 0.717) is 5.92 Å². The molecule has 1 N–H and O–H groups in total. The molecule has 3 rings (SSSR count). The molecule has 1 atom stereocenters. The normalized spacial score (nSPS) is 17.4. The van der Waals surface area contributed by atoms with E-state index >= 15 is 0 Å². The molecular formula is C16H16FNO. The van der Waals surface area contributed by atoms with Gasteiger partial charge in [0.25, 0.3) is 0 Å². The van der Waals surface area contributed by atoms with Crippen molar-refractivity contribution in [3.63, 3.8) is 0 Å². The molecule has 0 fully saturated rings. The Hall–Kier alpha value is -2.03. The van der Waals surface area contributed by atoms with Gasteiger partial charge in [0.1, 0.15) is 11.6 Å². The van der Waals surface area contributed by atoms with Crippen LogP contribution in [0.15, 0.2) is 48.5 Å². The molecule has 0 aromatic heterocycles. The van der Waals surface area contributed by atoms with E-state index in [1.54, 1.807) is 12.1 Å². The van der Waals surface area contributed by atoms with E-state index in [4.69, 9.17) is 4.74 Å². The van der Waals surface area contributed by atoms with Gasteiger partial charge in [-0.15, -0.1) is 0 Å². The van der Waals surface area contributed by atoms with Crippen molar-refractivity contribution in [2.24, 2.45) is 0 Å². The lowest BCUT2D eigenvalue weighted by Crippen LogP contribution is -2.20. The Labute approximate surface area is 112 Å². The maximum atomic E-state index is 12.8. The Kier molecular flexibility index (Phi) is 3.36. The summed E-state index contributed by atoms with van der Waals surface area (Å²) < 4.78 is 18.5. The van der Waals surface area contributed by atoms with Gasteiger partial charge in [-0.25, -0.2) is 4.39 Å². The predicted molar refractivity (Wildman–Crippen MR) is 74.2 cm³/mol. The van der Waals surface area contributed by atoms with Crippen LogP contribution in [-0.2, 0) is 0 Å². The van der Waals surface area contributed by atoms with Gasteiger partial charge in [-0.3, -0.25) is 0 Å². The van der Waals surface area contributed by atoms with Gasteiger partial charge in [-0.2, -0.15) is 0 Å². The maximum Gasteiger partial charge on any atom is 0.123 e.